The van der Waals surface area contributed by atoms with Crippen LogP contribution in [0.25, 0.3) is 0 Å². The second-order valence-electron chi connectivity index (χ2n) is 5.61. The second-order valence-corrected chi connectivity index (χ2v) is 5.61. The van der Waals surface area contributed by atoms with Crippen molar-refractivity contribution in [2.45, 2.75) is 12.6 Å². The van der Waals surface area contributed by atoms with Crippen LogP contribution < -0.4 is 11.1 Å². The zero-order valence-corrected chi connectivity index (χ0v) is 16.0. The topological polar surface area (TPSA) is 108 Å². The zero-order chi connectivity index (χ0) is 19.8. The van der Waals surface area contributed by atoms with E-state index in [1.807, 2.05) is 0 Å². The van der Waals surface area contributed by atoms with Crippen LogP contribution >= 0.6 is 12.4 Å². The quantitative estimate of drug-likeness (QED) is 0.334. The molecule has 2 rings (SSSR count). The summed E-state index contributed by atoms with van der Waals surface area (Å²) in [5.41, 5.74) is 7.07. The van der Waals surface area contributed by atoms with Crippen molar-refractivity contribution in [2.24, 2.45) is 5.73 Å². The van der Waals surface area contributed by atoms with Crippen LogP contribution in [0.15, 0.2) is 42.5 Å². The highest BCUT2D eigenvalue weighted by Gasteiger charge is 2.25. The van der Waals surface area contributed by atoms with Crippen molar-refractivity contribution in [2.75, 3.05) is 13.7 Å². The highest BCUT2D eigenvalue weighted by Crippen LogP contribution is 2.24. The third kappa shape index (κ3) is 5.79. The van der Waals surface area contributed by atoms with Crippen LogP contribution in [0.5, 0.6) is 0 Å². The number of halogens is 2. The number of hydrogen-bond acceptors (Lipinski definition) is 4. The van der Waals surface area contributed by atoms with E-state index in [-0.39, 0.29) is 42.5 Å². The van der Waals surface area contributed by atoms with Gasteiger partial charge in [-0.25, -0.2) is 4.39 Å². The lowest BCUT2D eigenvalue weighted by Crippen LogP contribution is -2.31. The maximum atomic E-state index is 14.3. The van der Waals surface area contributed by atoms with Crippen LogP contribution in [0.4, 0.5) is 4.39 Å². The average Bonchev–Trinajstić information content (AvgIpc) is 2.67. The first-order valence-corrected chi connectivity index (χ1v) is 8.10. The van der Waals surface area contributed by atoms with Gasteiger partial charge in [0.25, 0.3) is 5.91 Å². The van der Waals surface area contributed by atoms with E-state index in [9.17, 15) is 9.18 Å². The van der Waals surface area contributed by atoms with Gasteiger partial charge in [-0.05, 0) is 17.7 Å². The number of carbonyl (C=O) groups is 1. The Labute approximate surface area is 168 Å². The fourth-order valence-corrected chi connectivity index (χ4v) is 2.49. The van der Waals surface area contributed by atoms with Crippen molar-refractivity contribution in [3.63, 3.8) is 0 Å². The third-order valence-electron chi connectivity index (χ3n) is 3.82. The van der Waals surface area contributed by atoms with Crippen LogP contribution in [-0.2, 0) is 16.1 Å². The molecule has 0 heterocycles. The molecular formula is C20H21ClFN3O3. The molecule has 8 heteroatoms. The number of amides is 1. The molecule has 0 aliphatic heterocycles. The predicted octanol–water partition coefficient (Wildman–Crippen LogP) is 1.88. The summed E-state index contributed by atoms with van der Waals surface area (Å²) in [6.07, 6.45) is -1.19. The van der Waals surface area contributed by atoms with E-state index in [0.29, 0.717) is 5.56 Å². The molecular weight excluding hydrogens is 385 g/mol. The van der Waals surface area contributed by atoms with Gasteiger partial charge in [-0.15, -0.1) is 12.4 Å². The Morgan fingerprint density at radius 2 is 2.00 bits per heavy atom. The van der Waals surface area contributed by atoms with Gasteiger partial charge in [0, 0.05) is 30.3 Å². The minimum atomic E-state index is -1.19. The predicted molar refractivity (Wildman–Crippen MR) is 107 cm³/mol. The molecule has 0 aliphatic carbocycles. The number of rotatable bonds is 6. The molecule has 0 bridgehead atoms. The Morgan fingerprint density at radius 3 is 2.57 bits per heavy atom. The van der Waals surface area contributed by atoms with E-state index in [4.69, 9.17) is 21.0 Å². The Morgan fingerprint density at radius 1 is 1.32 bits per heavy atom. The smallest absolute Gasteiger partial charge is 0.254 e. The molecule has 6 nitrogen and oxygen atoms in total. The van der Waals surface area contributed by atoms with E-state index < -0.39 is 17.8 Å². The summed E-state index contributed by atoms with van der Waals surface area (Å²) in [6.45, 7) is -0.182. The molecule has 1 unspecified atom stereocenters. The van der Waals surface area contributed by atoms with Crippen LogP contribution in [0, 0.1) is 23.1 Å². The number of nitrogens with two attached hydrogens (primary N) is 1. The van der Waals surface area contributed by atoms with Crippen molar-refractivity contribution < 1.29 is 19.0 Å². The Hall–Kier alpha value is -2.92. The number of aliphatic hydroxyl groups excluding tert-OH is 1. The first kappa shape index (κ1) is 23.1. The van der Waals surface area contributed by atoms with Crippen molar-refractivity contribution in [3.8, 4) is 11.8 Å². The van der Waals surface area contributed by atoms with E-state index >= 15 is 0 Å². The van der Waals surface area contributed by atoms with Gasteiger partial charge in [-0.2, -0.15) is 0 Å². The number of nitrogen functional groups attached to an aromatic ring is 1. The number of nitrogens with one attached hydrogen (secondary N) is 2. The summed E-state index contributed by atoms with van der Waals surface area (Å²) in [6, 6.07) is 11.1. The van der Waals surface area contributed by atoms with Gasteiger partial charge in [0.2, 0.25) is 0 Å². The molecule has 0 radical (unpaired) electrons. The molecule has 148 valence electrons. The SMILES string of the molecule is COC(C(=O)NCc1ccc(C(=N)N)cc1)c1c(F)cccc1C#CCO.Cl. The molecule has 0 fully saturated rings. The van der Waals surface area contributed by atoms with Crippen LogP contribution in [0.2, 0.25) is 0 Å². The Bertz CT molecular complexity index is 892. The first-order valence-electron chi connectivity index (χ1n) is 8.10. The summed E-state index contributed by atoms with van der Waals surface area (Å²) >= 11 is 0. The molecule has 1 atom stereocenters. The molecule has 0 aliphatic rings. The van der Waals surface area contributed by atoms with Gasteiger partial charge >= 0.3 is 0 Å². The monoisotopic (exact) mass is 405 g/mol. The van der Waals surface area contributed by atoms with E-state index in [2.05, 4.69) is 17.2 Å². The molecule has 2 aromatic rings. The fraction of sp³-hybridized carbons (Fsp3) is 0.200. The number of benzene rings is 2. The molecule has 0 saturated heterocycles. The molecule has 2 aromatic carbocycles. The summed E-state index contributed by atoms with van der Waals surface area (Å²) in [5.74, 6) is 3.90. The normalized spacial score (nSPS) is 10.8. The van der Waals surface area contributed by atoms with E-state index in [0.717, 1.165) is 5.56 Å². The summed E-state index contributed by atoms with van der Waals surface area (Å²) in [4.78, 5) is 12.5. The highest BCUT2D eigenvalue weighted by atomic mass is 35.5. The number of hydrogen-bond donors (Lipinski definition) is 4. The van der Waals surface area contributed by atoms with Crippen LogP contribution in [0.1, 0.15) is 28.4 Å². The lowest BCUT2D eigenvalue weighted by Gasteiger charge is -2.18. The Kier molecular flexibility index (Phi) is 9.12. The second kappa shape index (κ2) is 11.0. The maximum absolute atomic E-state index is 14.3. The van der Waals surface area contributed by atoms with Crippen LogP contribution in [0.3, 0.4) is 0 Å². The molecule has 5 N–H and O–H groups in total. The van der Waals surface area contributed by atoms with Gasteiger partial charge in [0.05, 0.1) is 0 Å². The van der Waals surface area contributed by atoms with Crippen molar-refractivity contribution in [1.29, 1.82) is 5.41 Å². The first-order chi connectivity index (χ1) is 13.0. The molecule has 0 saturated carbocycles. The van der Waals surface area contributed by atoms with E-state index in [1.54, 1.807) is 30.3 Å². The van der Waals surface area contributed by atoms with Gasteiger partial charge in [0.15, 0.2) is 6.10 Å². The minimum Gasteiger partial charge on any atom is -0.384 e. The number of methoxy groups -OCH3 is 1. The lowest BCUT2D eigenvalue weighted by atomic mass is 10.0. The minimum absolute atomic E-state index is 0. The van der Waals surface area contributed by atoms with Crippen molar-refractivity contribution in [3.05, 3.63) is 70.5 Å². The van der Waals surface area contributed by atoms with Crippen LogP contribution in [-0.4, -0.2) is 30.6 Å². The number of aliphatic hydroxyl groups is 1. The van der Waals surface area contributed by atoms with Crippen molar-refractivity contribution in [1.82, 2.24) is 5.32 Å². The third-order valence-corrected chi connectivity index (χ3v) is 3.82. The number of carbonyl (C=O) groups excluding carboxylic acids is 1. The van der Waals surface area contributed by atoms with E-state index in [1.165, 1.54) is 19.2 Å². The lowest BCUT2D eigenvalue weighted by molar-refractivity contribution is -0.131. The summed E-state index contributed by atoms with van der Waals surface area (Å²) in [7, 11) is 1.31. The summed E-state index contributed by atoms with van der Waals surface area (Å²) < 4.78 is 19.5. The van der Waals surface area contributed by atoms with Gasteiger partial charge in [0.1, 0.15) is 18.3 Å². The molecule has 1 amide bonds. The largest absolute Gasteiger partial charge is 0.384 e. The van der Waals surface area contributed by atoms with Gasteiger partial charge in [-0.3, -0.25) is 10.2 Å². The number of ether oxygens (including phenoxy) is 1. The summed E-state index contributed by atoms with van der Waals surface area (Å²) in [5, 5.41) is 18.9. The molecule has 28 heavy (non-hydrogen) atoms. The van der Waals surface area contributed by atoms with Gasteiger partial charge < -0.3 is 20.9 Å². The fourth-order valence-electron chi connectivity index (χ4n) is 2.49. The highest BCUT2D eigenvalue weighted by molar-refractivity contribution is 5.94. The maximum Gasteiger partial charge on any atom is 0.254 e. The standard InChI is InChI=1S/C20H20FN3O3.ClH/c1-27-18(17-14(5-3-11-25)4-2-6-16(17)21)20(26)24-12-13-7-9-15(10-8-13)19(22)23;/h2,4,6-10,18,25H,11-12H2,1H3,(H3,22,23)(H,24,26);1H. The van der Waals surface area contributed by atoms with Gasteiger partial charge in [-0.1, -0.05) is 42.2 Å². The number of amidine groups is 1. The average molecular weight is 406 g/mol. The van der Waals surface area contributed by atoms with Crippen molar-refractivity contribution >= 4 is 24.1 Å². The molecule has 0 aromatic heterocycles. The molecule has 0 spiro atoms. The zero-order valence-electron chi connectivity index (χ0n) is 15.2. The Balaban J connectivity index is 0.00000392.